The van der Waals surface area contributed by atoms with Crippen LogP contribution in [0.15, 0.2) is 46.7 Å². The summed E-state index contributed by atoms with van der Waals surface area (Å²) in [5, 5.41) is 17.6. The van der Waals surface area contributed by atoms with Crippen LogP contribution in [0.1, 0.15) is 42.5 Å². The van der Waals surface area contributed by atoms with Crippen LogP contribution in [0.2, 0.25) is 0 Å². The van der Waals surface area contributed by atoms with Gasteiger partial charge in [0.1, 0.15) is 11.3 Å². The number of nitrogens with zero attached hydrogens (tertiary/aromatic N) is 2. The summed E-state index contributed by atoms with van der Waals surface area (Å²) >= 11 is 0. The van der Waals surface area contributed by atoms with Crippen molar-refractivity contribution in [2.45, 2.75) is 44.2 Å². The lowest BCUT2D eigenvalue weighted by atomic mass is 9.48. The van der Waals surface area contributed by atoms with Gasteiger partial charge in [-0.05, 0) is 67.9 Å². The van der Waals surface area contributed by atoms with Gasteiger partial charge in [0, 0.05) is 11.9 Å². The number of rotatable bonds is 3. The Bertz CT molecular complexity index is 1200. The quantitative estimate of drug-likeness (QED) is 0.650. The van der Waals surface area contributed by atoms with Crippen molar-refractivity contribution in [3.63, 3.8) is 0 Å². The highest BCUT2D eigenvalue weighted by Crippen LogP contribution is 2.58. The van der Waals surface area contributed by atoms with Crippen molar-refractivity contribution >= 4 is 22.8 Å². The van der Waals surface area contributed by atoms with Crippen LogP contribution in [0.25, 0.3) is 10.9 Å². The maximum absolute atomic E-state index is 13.2. The van der Waals surface area contributed by atoms with Crippen LogP contribution in [0.3, 0.4) is 0 Å². The van der Waals surface area contributed by atoms with Gasteiger partial charge in [-0.3, -0.25) is 19.9 Å². The Morgan fingerprint density at radius 1 is 1.22 bits per heavy atom. The van der Waals surface area contributed by atoms with E-state index in [1.165, 1.54) is 36.7 Å². The third-order valence-corrected chi connectivity index (χ3v) is 8.36. The molecular formula is C25H28N4O3. The second kappa shape index (κ2) is 6.95. The average molecular weight is 433 g/mol. The molecule has 2 aromatic rings. The fraction of sp³-hybridized carbons (Fsp3) is 0.480. The first-order chi connectivity index (χ1) is 15.5. The van der Waals surface area contributed by atoms with Gasteiger partial charge in [0.2, 0.25) is 0 Å². The molecule has 0 radical (unpaired) electrons. The maximum atomic E-state index is 13.2. The molecule has 1 amide bonds. The smallest absolute Gasteiger partial charge is 0.268 e. The molecule has 166 valence electrons. The Kier molecular flexibility index (Phi) is 4.26. The molecule has 2 heterocycles. The van der Waals surface area contributed by atoms with Crippen LogP contribution < -0.4 is 16.2 Å². The van der Waals surface area contributed by atoms with Crippen molar-refractivity contribution < 1.29 is 9.90 Å². The molecule has 0 unspecified atom stereocenters. The van der Waals surface area contributed by atoms with E-state index in [1.54, 1.807) is 30.3 Å². The van der Waals surface area contributed by atoms with Crippen molar-refractivity contribution in [1.82, 2.24) is 15.2 Å². The lowest BCUT2D eigenvalue weighted by Crippen LogP contribution is -2.66. The summed E-state index contributed by atoms with van der Waals surface area (Å²) in [4.78, 5) is 31.0. The number of carbonyl (C=O) groups excluding carboxylic acids is 1. The Morgan fingerprint density at radius 2 is 1.91 bits per heavy atom. The summed E-state index contributed by atoms with van der Waals surface area (Å²) in [5.41, 5.74) is -0.303. The molecule has 0 atom stereocenters. The Morgan fingerprint density at radius 3 is 2.59 bits per heavy atom. The van der Waals surface area contributed by atoms with E-state index < -0.39 is 11.5 Å². The van der Waals surface area contributed by atoms with E-state index in [4.69, 9.17) is 0 Å². The maximum Gasteiger partial charge on any atom is 0.268 e. The van der Waals surface area contributed by atoms with Crippen molar-refractivity contribution in [3.05, 3.63) is 52.8 Å². The number of nitrogens with one attached hydrogen (secondary N) is 2. The third kappa shape index (κ3) is 2.69. The van der Waals surface area contributed by atoms with Crippen LogP contribution in [-0.2, 0) is 6.54 Å². The second-order valence-corrected chi connectivity index (χ2v) is 10.0. The zero-order chi connectivity index (χ0) is 22.0. The van der Waals surface area contributed by atoms with Gasteiger partial charge in [0.05, 0.1) is 17.6 Å². The number of para-hydroxylation sites is 1. The second-order valence-electron chi connectivity index (χ2n) is 10.0. The number of aromatic hydroxyl groups is 1. The summed E-state index contributed by atoms with van der Waals surface area (Å²) in [5.74, 6) is 2.37. The summed E-state index contributed by atoms with van der Waals surface area (Å²) in [6.45, 7) is 4.63. The molecule has 1 aromatic heterocycles. The zero-order valence-electron chi connectivity index (χ0n) is 18.0. The van der Waals surface area contributed by atoms with Crippen LogP contribution in [-0.4, -0.2) is 33.6 Å². The zero-order valence-corrected chi connectivity index (χ0v) is 18.0. The third-order valence-electron chi connectivity index (χ3n) is 8.36. The van der Waals surface area contributed by atoms with Gasteiger partial charge in [-0.1, -0.05) is 18.2 Å². The first kappa shape index (κ1) is 19.6. The van der Waals surface area contributed by atoms with Crippen molar-refractivity contribution in [3.8, 4) is 5.75 Å². The number of hydrogen-bond acceptors (Lipinski definition) is 5. The number of hydrogen-bond donors (Lipinski definition) is 3. The first-order valence-electron chi connectivity index (χ1n) is 11.6. The fourth-order valence-electron chi connectivity index (χ4n) is 7.14. The minimum Gasteiger partial charge on any atom is -0.506 e. The van der Waals surface area contributed by atoms with E-state index in [0.29, 0.717) is 35.2 Å². The highest BCUT2D eigenvalue weighted by Gasteiger charge is 2.59. The minimum atomic E-state index is -0.636. The number of aromatic nitrogens is 1. The van der Waals surface area contributed by atoms with Gasteiger partial charge in [0.15, 0.2) is 5.96 Å². The summed E-state index contributed by atoms with van der Waals surface area (Å²) in [6.07, 6.45) is 7.96. The fourth-order valence-corrected chi connectivity index (χ4v) is 7.14. The van der Waals surface area contributed by atoms with E-state index in [-0.39, 0.29) is 23.4 Å². The first-order valence-corrected chi connectivity index (χ1v) is 11.6. The van der Waals surface area contributed by atoms with Crippen molar-refractivity contribution in [2.75, 3.05) is 6.54 Å². The minimum absolute atomic E-state index is 0.0650. The molecule has 0 saturated heterocycles. The van der Waals surface area contributed by atoms with Crippen molar-refractivity contribution in [1.29, 1.82) is 0 Å². The van der Waals surface area contributed by atoms with Crippen LogP contribution >= 0.6 is 0 Å². The summed E-state index contributed by atoms with van der Waals surface area (Å²) in [6, 6.07) is 7.02. The number of allylic oxidation sites excluding steroid dienone is 1. The average Bonchev–Trinajstić information content (AvgIpc) is 3.19. The van der Waals surface area contributed by atoms with E-state index >= 15 is 0 Å². The predicted molar refractivity (Wildman–Crippen MR) is 123 cm³/mol. The van der Waals surface area contributed by atoms with E-state index in [9.17, 15) is 14.7 Å². The monoisotopic (exact) mass is 432 g/mol. The van der Waals surface area contributed by atoms with Gasteiger partial charge in [0.25, 0.3) is 11.5 Å². The van der Waals surface area contributed by atoms with Crippen molar-refractivity contribution in [2.24, 2.45) is 28.7 Å². The number of amides is 1. The highest BCUT2D eigenvalue weighted by atomic mass is 16.3. The molecular weight excluding hydrogens is 404 g/mol. The van der Waals surface area contributed by atoms with Crippen LogP contribution in [0, 0.1) is 23.7 Å². The molecule has 4 bridgehead atoms. The molecule has 5 aliphatic rings. The normalized spacial score (nSPS) is 32.2. The highest BCUT2D eigenvalue weighted by molar-refractivity contribution is 6.10. The molecule has 4 saturated carbocycles. The molecule has 7 nitrogen and oxygen atoms in total. The molecule has 1 aliphatic heterocycles. The van der Waals surface area contributed by atoms with Crippen LogP contribution in [0.5, 0.6) is 5.75 Å². The summed E-state index contributed by atoms with van der Waals surface area (Å²) < 4.78 is 1.46. The molecule has 32 heavy (non-hydrogen) atoms. The lowest BCUT2D eigenvalue weighted by molar-refractivity contribution is -0.0566. The van der Waals surface area contributed by atoms with Crippen LogP contribution in [0.4, 0.5) is 0 Å². The van der Waals surface area contributed by atoms with E-state index in [1.807, 2.05) is 0 Å². The number of guanidine groups is 1. The van der Waals surface area contributed by atoms with Gasteiger partial charge >= 0.3 is 0 Å². The number of benzene rings is 1. The molecule has 4 fully saturated rings. The summed E-state index contributed by atoms with van der Waals surface area (Å²) in [7, 11) is 0. The number of carbonyl (C=O) groups is 1. The van der Waals surface area contributed by atoms with Gasteiger partial charge in [-0.2, -0.15) is 0 Å². The number of fused-ring (bicyclic) bond motifs is 1. The van der Waals surface area contributed by atoms with Gasteiger partial charge in [-0.25, -0.2) is 0 Å². The van der Waals surface area contributed by atoms with Gasteiger partial charge < -0.3 is 15.0 Å². The molecule has 4 aliphatic carbocycles. The molecule has 3 N–H and O–H groups in total. The Balaban J connectivity index is 1.30. The van der Waals surface area contributed by atoms with E-state index in [0.717, 1.165) is 11.8 Å². The topological polar surface area (TPSA) is 95.7 Å². The predicted octanol–water partition coefficient (Wildman–Crippen LogP) is 2.78. The standard InChI is InChI=1S/C25H28N4O3/c1-2-7-29-19-6-4-3-5-18(19)21(30)20(23(29)32)22(31)27-24-26-13-25(28-24)16-9-14-8-15(11-16)12-17(25)10-14/h2-6,14-17,30H,1,7-13H2,(H2,26,27,28,31). The molecule has 1 aromatic carbocycles. The lowest BCUT2D eigenvalue weighted by Gasteiger charge is -2.59. The van der Waals surface area contributed by atoms with E-state index in [2.05, 4.69) is 22.2 Å². The molecule has 7 heteroatoms. The number of pyridine rings is 1. The molecule has 7 rings (SSSR count). The Hall–Kier alpha value is -3.09. The largest absolute Gasteiger partial charge is 0.506 e. The molecule has 1 spiro atoms. The Labute approximate surface area is 186 Å². The number of aliphatic imine (C=N–C) groups is 1. The van der Waals surface area contributed by atoms with Gasteiger partial charge in [-0.15, -0.1) is 6.58 Å². The SMILES string of the molecule is C=CCn1c(=O)c(C(=O)NC2=NCC3(N2)C2CC4CC(C2)CC3C4)c(O)c2ccccc21.